The lowest BCUT2D eigenvalue weighted by molar-refractivity contribution is -0.131. The maximum Gasteiger partial charge on any atom is 0.252 e. The molecule has 2 aliphatic rings. The van der Waals surface area contributed by atoms with Crippen molar-refractivity contribution in [2.24, 2.45) is 5.92 Å². The molecule has 6 nitrogen and oxygen atoms in total. The quantitative estimate of drug-likeness (QED) is 0.605. The van der Waals surface area contributed by atoms with Gasteiger partial charge in [0, 0.05) is 25.9 Å². The summed E-state index contributed by atoms with van der Waals surface area (Å²) in [5.74, 6) is -0.214. The molecular weight excluding hydrogens is 246 g/mol. The Hall–Kier alpha value is -1.14. The van der Waals surface area contributed by atoms with Gasteiger partial charge in [0.1, 0.15) is 0 Å². The highest BCUT2D eigenvalue weighted by Crippen LogP contribution is 2.39. The molecular formula is C13H23N3O3. The number of carbonyl (C=O) groups is 2. The van der Waals surface area contributed by atoms with Gasteiger partial charge in [-0.05, 0) is 19.3 Å². The van der Waals surface area contributed by atoms with Crippen molar-refractivity contribution >= 4 is 11.8 Å². The second-order valence-corrected chi connectivity index (χ2v) is 5.76. The molecule has 0 radical (unpaired) electrons. The van der Waals surface area contributed by atoms with Crippen LogP contribution in [0.25, 0.3) is 0 Å². The summed E-state index contributed by atoms with van der Waals surface area (Å²) < 4.78 is 0. The largest absolute Gasteiger partial charge is 0.390 e. The fourth-order valence-corrected chi connectivity index (χ4v) is 3.18. The minimum absolute atomic E-state index is 0.212. The third-order valence-electron chi connectivity index (χ3n) is 4.26. The molecule has 0 bridgehead atoms. The van der Waals surface area contributed by atoms with Gasteiger partial charge in [0.15, 0.2) is 0 Å². The van der Waals surface area contributed by atoms with Crippen molar-refractivity contribution in [3.63, 3.8) is 0 Å². The van der Waals surface area contributed by atoms with E-state index in [1.807, 2.05) is 0 Å². The van der Waals surface area contributed by atoms with Crippen LogP contribution in [0.4, 0.5) is 0 Å². The predicted molar refractivity (Wildman–Crippen MR) is 69.9 cm³/mol. The van der Waals surface area contributed by atoms with Gasteiger partial charge in [-0.3, -0.25) is 25.3 Å². The van der Waals surface area contributed by atoms with Crippen LogP contribution < -0.4 is 10.9 Å². The van der Waals surface area contributed by atoms with E-state index in [1.54, 1.807) is 0 Å². The highest BCUT2D eigenvalue weighted by Gasteiger charge is 2.42. The van der Waals surface area contributed by atoms with Crippen LogP contribution in [0.5, 0.6) is 0 Å². The summed E-state index contributed by atoms with van der Waals surface area (Å²) in [6, 6.07) is 0. The molecule has 6 heteroatoms. The van der Waals surface area contributed by atoms with Gasteiger partial charge >= 0.3 is 0 Å². The lowest BCUT2D eigenvalue weighted by Crippen LogP contribution is -2.55. The SMILES string of the molecule is CC(=O)NNC(=O)CN1CCC2(O)CCCCC2C1. The Balaban J connectivity index is 1.80. The van der Waals surface area contributed by atoms with Crippen LogP contribution in [0.15, 0.2) is 0 Å². The highest BCUT2D eigenvalue weighted by atomic mass is 16.3. The van der Waals surface area contributed by atoms with Crippen LogP contribution in [0.3, 0.4) is 0 Å². The molecule has 0 aromatic heterocycles. The minimum atomic E-state index is -0.511. The number of nitrogens with one attached hydrogen (secondary N) is 2. The Labute approximate surface area is 113 Å². The standard InChI is InChI=1S/C13H23N3O3/c1-10(17)14-15-12(18)9-16-7-6-13(19)5-3-2-4-11(13)8-16/h11,19H,2-9H2,1H3,(H,14,17)(H,15,18). The molecule has 2 atom stereocenters. The number of amides is 2. The van der Waals surface area contributed by atoms with Crippen LogP contribution in [-0.4, -0.2) is 47.1 Å². The minimum Gasteiger partial charge on any atom is -0.390 e. The molecule has 2 fully saturated rings. The molecule has 108 valence electrons. The second kappa shape index (κ2) is 5.88. The van der Waals surface area contributed by atoms with E-state index in [-0.39, 0.29) is 24.3 Å². The first-order valence-corrected chi connectivity index (χ1v) is 7.00. The number of hydrazine groups is 1. The maximum atomic E-state index is 11.6. The van der Waals surface area contributed by atoms with E-state index in [2.05, 4.69) is 15.8 Å². The van der Waals surface area contributed by atoms with E-state index in [0.717, 1.165) is 38.8 Å². The monoisotopic (exact) mass is 269 g/mol. The summed E-state index contributed by atoms with van der Waals surface area (Å²) in [6.45, 7) is 3.13. The Morgan fingerprint density at radius 1 is 1.32 bits per heavy atom. The van der Waals surface area contributed by atoms with Crippen molar-refractivity contribution in [3.8, 4) is 0 Å². The van der Waals surface area contributed by atoms with Gasteiger partial charge in [0.25, 0.3) is 5.91 Å². The van der Waals surface area contributed by atoms with Crippen LogP contribution in [0.1, 0.15) is 39.0 Å². The summed E-state index contributed by atoms with van der Waals surface area (Å²) in [4.78, 5) is 24.4. The van der Waals surface area contributed by atoms with E-state index in [1.165, 1.54) is 13.3 Å². The van der Waals surface area contributed by atoms with Gasteiger partial charge in [-0.15, -0.1) is 0 Å². The lowest BCUT2D eigenvalue weighted by Gasteiger charge is -2.47. The fourth-order valence-electron chi connectivity index (χ4n) is 3.18. The van der Waals surface area contributed by atoms with Crippen molar-refractivity contribution in [2.45, 2.75) is 44.6 Å². The third kappa shape index (κ3) is 3.67. The smallest absolute Gasteiger partial charge is 0.252 e. The molecule has 19 heavy (non-hydrogen) atoms. The normalized spacial score (nSPS) is 31.4. The first kappa shape index (κ1) is 14.3. The molecule has 2 amide bonds. The Morgan fingerprint density at radius 3 is 2.84 bits per heavy atom. The van der Waals surface area contributed by atoms with Gasteiger partial charge in [0.05, 0.1) is 12.1 Å². The van der Waals surface area contributed by atoms with E-state index >= 15 is 0 Å². The molecule has 0 aromatic carbocycles. The average molecular weight is 269 g/mol. The second-order valence-electron chi connectivity index (χ2n) is 5.76. The predicted octanol–water partition coefficient (Wildman–Crippen LogP) is -0.219. The van der Waals surface area contributed by atoms with Crippen molar-refractivity contribution < 1.29 is 14.7 Å². The molecule has 0 spiro atoms. The Kier molecular flexibility index (Phi) is 4.42. The lowest BCUT2D eigenvalue weighted by atomic mass is 9.71. The van der Waals surface area contributed by atoms with E-state index < -0.39 is 5.60 Å². The number of fused-ring (bicyclic) bond motifs is 1. The number of hydrogen-bond acceptors (Lipinski definition) is 4. The fraction of sp³-hybridized carbons (Fsp3) is 0.846. The zero-order chi connectivity index (χ0) is 13.9. The van der Waals surface area contributed by atoms with Gasteiger partial charge < -0.3 is 5.11 Å². The zero-order valence-electron chi connectivity index (χ0n) is 11.4. The highest BCUT2D eigenvalue weighted by molar-refractivity contribution is 5.81. The molecule has 1 aliphatic heterocycles. The van der Waals surface area contributed by atoms with E-state index in [4.69, 9.17) is 0 Å². The Bertz CT molecular complexity index is 361. The third-order valence-corrected chi connectivity index (χ3v) is 4.26. The number of carbonyl (C=O) groups excluding carboxylic acids is 2. The van der Waals surface area contributed by atoms with Crippen LogP contribution in [0, 0.1) is 5.92 Å². The van der Waals surface area contributed by atoms with Crippen molar-refractivity contribution in [1.29, 1.82) is 0 Å². The molecule has 1 saturated carbocycles. The zero-order valence-corrected chi connectivity index (χ0v) is 11.4. The molecule has 2 rings (SSSR count). The number of nitrogens with zero attached hydrogens (tertiary/aromatic N) is 1. The molecule has 2 unspecified atom stereocenters. The van der Waals surface area contributed by atoms with Crippen molar-refractivity contribution in [1.82, 2.24) is 15.8 Å². The first-order chi connectivity index (χ1) is 8.99. The van der Waals surface area contributed by atoms with Gasteiger partial charge in [-0.1, -0.05) is 12.8 Å². The summed E-state index contributed by atoms with van der Waals surface area (Å²) in [6.07, 6.45) is 4.95. The summed E-state index contributed by atoms with van der Waals surface area (Å²) >= 11 is 0. The molecule has 1 heterocycles. The number of aliphatic hydroxyl groups is 1. The number of piperidine rings is 1. The van der Waals surface area contributed by atoms with Crippen molar-refractivity contribution in [2.75, 3.05) is 19.6 Å². The number of hydrogen-bond donors (Lipinski definition) is 3. The van der Waals surface area contributed by atoms with Gasteiger partial charge in [0.2, 0.25) is 5.91 Å². The van der Waals surface area contributed by atoms with Crippen LogP contribution in [-0.2, 0) is 9.59 Å². The van der Waals surface area contributed by atoms with Crippen molar-refractivity contribution in [3.05, 3.63) is 0 Å². The van der Waals surface area contributed by atoms with Gasteiger partial charge in [-0.2, -0.15) is 0 Å². The maximum absolute atomic E-state index is 11.6. The number of likely N-dealkylation sites (tertiary alicyclic amines) is 1. The van der Waals surface area contributed by atoms with E-state index in [9.17, 15) is 14.7 Å². The summed E-state index contributed by atoms with van der Waals surface area (Å²) in [5, 5.41) is 10.5. The Morgan fingerprint density at radius 2 is 2.11 bits per heavy atom. The average Bonchev–Trinajstić information content (AvgIpc) is 2.36. The van der Waals surface area contributed by atoms with Gasteiger partial charge in [-0.25, -0.2) is 0 Å². The van der Waals surface area contributed by atoms with E-state index in [0.29, 0.717) is 0 Å². The molecule has 1 saturated heterocycles. The summed E-state index contributed by atoms with van der Waals surface area (Å²) in [7, 11) is 0. The molecule has 3 N–H and O–H groups in total. The molecule has 1 aliphatic carbocycles. The van der Waals surface area contributed by atoms with Crippen LogP contribution >= 0.6 is 0 Å². The van der Waals surface area contributed by atoms with Crippen LogP contribution in [0.2, 0.25) is 0 Å². The number of rotatable bonds is 2. The topological polar surface area (TPSA) is 81.7 Å². The first-order valence-electron chi connectivity index (χ1n) is 7.00. The molecule has 0 aromatic rings. The summed E-state index contributed by atoms with van der Waals surface area (Å²) in [5.41, 5.74) is 4.14.